The zero-order valence-corrected chi connectivity index (χ0v) is 14.1. The number of rotatable bonds is 9. The highest BCUT2D eigenvalue weighted by molar-refractivity contribution is 6.31. The maximum absolute atomic E-state index is 11.6. The molecule has 23 heavy (non-hydrogen) atoms. The largest absolute Gasteiger partial charge is 0.494 e. The van der Waals surface area contributed by atoms with E-state index in [1.165, 1.54) is 0 Å². The Balaban J connectivity index is 1.50. The van der Waals surface area contributed by atoms with Crippen molar-refractivity contribution in [2.24, 2.45) is 5.92 Å². The van der Waals surface area contributed by atoms with E-state index in [-0.39, 0.29) is 17.7 Å². The van der Waals surface area contributed by atoms with Gasteiger partial charge in [-0.2, -0.15) is 0 Å². The molecule has 0 aliphatic heterocycles. The lowest BCUT2D eigenvalue weighted by molar-refractivity contribution is -0.123. The van der Waals surface area contributed by atoms with Crippen molar-refractivity contribution in [2.75, 3.05) is 19.7 Å². The third kappa shape index (κ3) is 6.48. The number of nitrogens with one attached hydrogen (secondary N) is 2. The second kappa shape index (κ2) is 8.77. The van der Waals surface area contributed by atoms with E-state index in [0.717, 1.165) is 24.2 Å². The summed E-state index contributed by atoms with van der Waals surface area (Å²) in [4.78, 5) is 23.0. The molecule has 126 valence electrons. The Kier molecular flexibility index (Phi) is 6.71. The van der Waals surface area contributed by atoms with Gasteiger partial charge < -0.3 is 15.4 Å². The van der Waals surface area contributed by atoms with Crippen molar-refractivity contribution in [3.8, 4) is 5.75 Å². The minimum absolute atomic E-state index is 0.0263. The Hall–Kier alpha value is -1.75. The molecule has 6 heteroatoms. The second-order valence-corrected chi connectivity index (χ2v) is 6.19. The topological polar surface area (TPSA) is 67.4 Å². The molecule has 5 nitrogen and oxygen atoms in total. The van der Waals surface area contributed by atoms with Crippen LogP contribution in [0.2, 0.25) is 5.02 Å². The maximum Gasteiger partial charge on any atom is 0.223 e. The molecule has 2 N–H and O–H groups in total. The van der Waals surface area contributed by atoms with Gasteiger partial charge in [0.05, 0.1) is 6.61 Å². The van der Waals surface area contributed by atoms with Crippen molar-refractivity contribution in [1.29, 1.82) is 0 Å². The van der Waals surface area contributed by atoms with Gasteiger partial charge in [0.2, 0.25) is 11.8 Å². The zero-order chi connectivity index (χ0) is 16.7. The quantitative estimate of drug-likeness (QED) is 0.680. The van der Waals surface area contributed by atoms with E-state index in [0.29, 0.717) is 37.6 Å². The third-order valence-electron chi connectivity index (χ3n) is 3.64. The highest BCUT2D eigenvalue weighted by Crippen LogP contribution is 2.28. The summed E-state index contributed by atoms with van der Waals surface area (Å²) >= 11 is 5.95. The van der Waals surface area contributed by atoms with Crippen LogP contribution in [0.25, 0.3) is 0 Å². The molecule has 1 aromatic carbocycles. The van der Waals surface area contributed by atoms with Crippen LogP contribution in [-0.4, -0.2) is 31.5 Å². The van der Waals surface area contributed by atoms with Crippen LogP contribution in [-0.2, 0) is 9.59 Å². The van der Waals surface area contributed by atoms with Crippen LogP contribution in [0.15, 0.2) is 18.2 Å². The first-order valence-corrected chi connectivity index (χ1v) is 8.37. The molecule has 0 heterocycles. The minimum Gasteiger partial charge on any atom is -0.494 e. The number of hydrogen-bond acceptors (Lipinski definition) is 3. The number of benzene rings is 1. The van der Waals surface area contributed by atoms with Crippen molar-refractivity contribution in [3.05, 3.63) is 28.8 Å². The molecule has 1 aromatic rings. The van der Waals surface area contributed by atoms with Gasteiger partial charge in [-0.3, -0.25) is 9.59 Å². The molecular weight excluding hydrogens is 316 g/mol. The highest BCUT2D eigenvalue weighted by Gasteiger charge is 2.28. The Morgan fingerprint density at radius 2 is 2.00 bits per heavy atom. The van der Waals surface area contributed by atoms with Crippen molar-refractivity contribution < 1.29 is 14.3 Å². The number of carbonyl (C=O) groups is 2. The molecule has 0 spiro atoms. The van der Waals surface area contributed by atoms with Crippen LogP contribution in [0, 0.1) is 12.8 Å². The van der Waals surface area contributed by atoms with Crippen LogP contribution >= 0.6 is 11.6 Å². The number of carbonyl (C=O) groups excluding carboxylic acids is 2. The van der Waals surface area contributed by atoms with Gasteiger partial charge in [0, 0.05) is 30.5 Å². The molecule has 2 rings (SSSR count). The van der Waals surface area contributed by atoms with Crippen LogP contribution in [0.5, 0.6) is 5.75 Å². The molecule has 2 amide bonds. The number of ether oxygens (including phenoxy) is 1. The van der Waals surface area contributed by atoms with Crippen LogP contribution in [0.3, 0.4) is 0 Å². The molecule has 0 aromatic heterocycles. The normalized spacial score (nSPS) is 13.5. The standard InChI is InChI=1S/C17H23ClN2O3/c1-12-11-14(6-7-15(12)18)23-10-2-3-16(21)19-8-9-20-17(22)13-4-5-13/h6-7,11,13H,2-5,8-10H2,1H3,(H,19,21)(H,20,22). The lowest BCUT2D eigenvalue weighted by Gasteiger charge is -2.08. The van der Waals surface area contributed by atoms with Crippen molar-refractivity contribution in [1.82, 2.24) is 10.6 Å². The highest BCUT2D eigenvalue weighted by atomic mass is 35.5. The van der Waals surface area contributed by atoms with Crippen LogP contribution < -0.4 is 15.4 Å². The summed E-state index contributed by atoms with van der Waals surface area (Å²) < 4.78 is 5.59. The molecule has 0 bridgehead atoms. The smallest absolute Gasteiger partial charge is 0.223 e. The predicted molar refractivity (Wildman–Crippen MR) is 89.7 cm³/mol. The lowest BCUT2D eigenvalue weighted by atomic mass is 10.2. The van der Waals surface area contributed by atoms with Crippen molar-refractivity contribution in [2.45, 2.75) is 32.6 Å². The number of hydrogen-bond donors (Lipinski definition) is 2. The molecule has 1 aliphatic rings. The fraction of sp³-hybridized carbons (Fsp3) is 0.529. The molecule has 0 unspecified atom stereocenters. The summed E-state index contributed by atoms with van der Waals surface area (Å²) in [5.41, 5.74) is 0.968. The van der Waals surface area contributed by atoms with E-state index >= 15 is 0 Å². The SMILES string of the molecule is Cc1cc(OCCCC(=O)NCCNC(=O)C2CC2)ccc1Cl. The molecular formula is C17H23ClN2O3. The second-order valence-electron chi connectivity index (χ2n) is 5.78. The van der Waals surface area contributed by atoms with Crippen LogP contribution in [0.4, 0.5) is 0 Å². The maximum atomic E-state index is 11.6. The summed E-state index contributed by atoms with van der Waals surface area (Å²) in [6, 6.07) is 5.50. The van der Waals surface area contributed by atoms with E-state index in [9.17, 15) is 9.59 Å². The minimum atomic E-state index is -0.0263. The monoisotopic (exact) mass is 338 g/mol. The zero-order valence-electron chi connectivity index (χ0n) is 13.4. The number of amides is 2. The summed E-state index contributed by atoms with van der Waals surface area (Å²) in [5.74, 6) is 1.04. The molecule has 1 saturated carbocycles. The van der Waals surface area contributed by atoms with Gasteiger partial charge in [-0.05, 0) is 49.9 Å². The van der Waals surface area contributed by atoms with Gasteiger partial charge >= 0.3 is 0 Å². The van der Waals surface area contributed by atoms with E-state index in [1.807, 2.05) is 19.1 Å². The van der Waals surface area contributed by atoms with Crippen molar-refractivity contribution in [3.63, 3.8) is 0 Å². The van der Waals surface area contributed by atoms with Gasteiger partial charge in [-0.15, -0.1) is 0 Å². The molecule has 0 saturated heterocycles. The average molecular weight is 339 g/mol. The summed E-state index contributed by atoms with van der Waals surface area (Å²) in [6.07, 6.45) is 3.03. The molecule has 1 fully saturated rings. The summed E-state index contributed by atoms with van der Waals surface area (Å²) in [6.45, 7) is 3.35. The lowest BCUT2D eigenvalue weighted by Crippen LogP contribution is -2.35. The van der Waals surface area contributed by atoms with E-state index in [4.69, 9.17) is 16.3 Å². The van der Waals surface area contributed by atoms with Crippen molar-refractivity contribution >= 4 is 23.4 Å². The fourth-order valence-electron chi connectivity index (χ4n) is 2.10. The predicted octanol–water partition coefficient (Wildman–Crippen LogP) is 2.45. The first kappa shape index (κ1) is 17.6. The van der Waals surface area contributed by atoms with E-state index < -0.39 is 0 Å². The first-order chi connectivity index (χ1) is 11.1. The Bertz CT molecular complexity index is 559. The van der Waals surface area contributed by atoms with Crippen LogP contribution in [0.1, 0.15) is 31.2 Å². The van der Waals surface area contributed by atoms with Gasteiger partial charge in [-0.25, -0.2) is 0 Å². The van der Waals surface area contributed by atoms with E-state index in [1.54, 1.807) is 6.07 Å². The van der Waals surface area contributed by atoms with Gasteiger partial charge in [0.1, 0.15) is 5.75 Å². The third-order valence-corrected chi connectivity index (χ3v) is 4.06. The Labute approximate surface area is 141 Å². The average Bonchev–Trinajstić information content (AvgIpc) is 3.36. The molecule has 0 radical (unpaired) electrons. The molecule has 0 atom stereocenters. The molecule has 1 aliphatic carbocycles. The van der Waals surface area contributed by atoms with E-state index in [2.05, 4.69) is 10.6 Å². The summed E-state index contributed by atoms with van der Waals surface area (Å²) in [7, 11) is 0. The van der Waals surface area contributed by atoms with Gasteiger partial charge in [-0.1, -0.05) is 11.6 Å². The first-order valence-electron chi connectivity index (χ1n) is 7.99. The summed E-state index contributed by atoms with van der Waals surface area (Å²) in [5, 5.41) is 6.31. The fourth-order valence-corrected chi connectivity index (χ4v) is 2.21. The number of aryl methyl sites for hydroxylation is 1. The number of halogens is 1. The van der Waals surface area contributed by atoms with Gasteiger partial charge in [0.25, 0.3) is 0 Å². The Morgan fingerprint density at radius 3 is 2.70 bits per heavy atom. The Morgan fingerprint density at radius 1 is 1.26 bits per heavy atom. The van der Waals surface area contributed by atoms with Gasteiger partial charge in [0.15, 0.2) is 0 Å².